The monoisotopic (exact) mass is 432 g/mol. The fourth-order valence-corrected chi connectivity index (χ4v) is 4.22. The predicted octanol–water partition coefficient (Wildman–Crippen LogP) is 2.60. The van der Waals surface area contributed by atoms with Gasteiger partial charge in [0.05, 0.1) is 20.3 Å². The maximum absolute atomic E-state index is 12.9. The van der Waals surface area contributed by atoms with Crippen LogP contribution in [0.25, 0.3) is 0 Å². The van der Waals surface area contributed by atoms with Crippen molar-refractivity contribution < 1.29 is 19.1 Å². The van der Waals surface area contributed by atoms with Crippen LogP contribution in [0.4, 0.5) is 10.5 Å². The molecule has 1 aromatic carbocycles. The minimum Gasteiger partial charge on any atom is -0.497 e. The van der Waals surface area contributed by atoms with E-state index in [0.29, 0.717) is 51.7 Å². The quantitative estimate of drug-likeness (QED) is 0.522. The molecule has 172 valence electrons. The Hall–Kier alpha value is -2.48. The van der Waals surface area contributed by atoms with Gasteiger partial charge in [0, 0.05) is 31.9 Å². The van der Waals surface area contributed by atoms with Crippen LogP contribution < -0.4 is 20.7 Å². The van der Waals surface area contributed by atoms with Gasteiger partial charge in [0.1, 0.15) is 11.8 Å². The number of nitrogens with zero attached hydrogens (tertiary/aromatic N) is 1. The summed E-state index contributed by atoms with van der Waals surface area (Å²) in [4.78, 5) is 27.3. The van der Waals surface area contributed by atoms with E-state index in [-0.39, 0.29) is 11.9 Å². The van der Waals surface area contributed by atoms with Crippen molar-refractivity contribution in [2.24, 2.45) is 5.92 Å². The van der Waals surface area contributed by atoms with Crippen LogP contribution in [-0.2, 0) is 9.53 Å². The highest BCUT2D eigenvalue weighted by molar-refractivity contribution is 5.87. The van der Waals surface area contributed by atoms with E-state index in [9.17, 15) is 9.59 Å². The molecule has 0 aromatic heterocycles. The number of nitrogens with one attached hydrogen (secondary N) is 3. The molecule has 1 saturated carbocycles. The zero-order chi connectivity index (χ0) is 21.9. The molecular formula is C23H36N4O4. The average molecular weight is 433 g/mol. The van der Waals surface area contributed by atoms with Crippen molar-refractivity contribution in [3.63, 3.8) is 0 Å². The number of hydrogen-bond donors (Lipinski definition) is 3. The van der Waals surface area contributed by atoms with Crippen molar-refractivity contribution in [3.8, 4) is 5.75 Å². The zero-order valence-corrected chi connectivity index (χ0v) is 18.5. The van der Waals surface area contributed by atoms with Crippen LogP contribution >= 0.6 is 0 Å². The minimum atomic E-state index is -0.501. The highest BCUT2D eigenvalue weighted by Crippen LogP contribution is 2.27. The van der Waals surface area contributed by atoms with E-state index in [1.54, 1.807) is 12.0 Å². The first kappa shape index (κ1) is 23.2. The first-order valence-corrected chi connectivity index (χ1v) is 11.4. The number of carbonyl (C=O) groups is 2. The topological polar surface area (TPSA) is 91.9 Å². The Labute approximate surface area is 185 Å². The van der Waals surface area contributed by atoms with Crippen LogP contribution in [0.2, 0.25) is 0 Å². The molecule has 1 aromatic rings. The van der Waals surface area contributed by atoms with Gasteiger partial charge >= 0.3 is 6.03 Å². The number of carbonyl (C=O) groups excluding carboxylic acids is 2. The second kappa shape index (κ2) is 12.4. The lowest BCUT2D eigenvalue weighted by molar-refractivity contribution is -0.123. The van der Waals surface area contributed by atoms with E-state index in [4.69, 9.17) is 9.47 Å². The van der Waals surface area contributed by atoms with E-state index in [0.717, 1.165) is 24.3 Å². The van der Waals surface area contributed by atoms with Crippen LogP contribution in [0.1, 0.15) is 38.5 Å². The summed E-state index contributed by atoms with van der Waals surface area (Å²) in [6.45, 7) is 3.31. The lowest BCUT2D eigenvalue weighted by Gasteiger charge is -2.31. The Morgan fingerprint density at radius 1 is 1.10 bits per heavy atom. The molecule has 0 spiro atoms. The Morgan fingerprint density at radius 3 is 2.48 bits per heavy atom. The SMILES string of the molecule is COc1ccc(NCCNC(=O)[C@H](CC2CCCCC2)NC(=O)N2CCOCC2)cc1. The van der Waals surface area contributed by atoms with Gasteiger partial charge in [0.2, 0.25) is 5.91 Å². The number of rotatable bonds is 9. The van der Waals surface area contributed by atoms with Crippen molar-refractivity contribution in [1.82, 2.24) is 15.5 Å². The van der Waals surface area contributed by atoms with Gasteiger partial charge < -0.3 is 30.3 Å². The summed E-state index contributed by atoms with van der Waals surface area (Å²) in [5, 5.41) is 9.26. The standard InChI is InChI=1S/C23H36N4O4/c1-30-20-9-7-19(8-10-20)24-11-12-25-22(28)21(17-18-5-3-2-4-6-18)26-23(29)27-13-15-31-16-14-27/h7-10,18,21,24H,2-6,11-17H2,1H3,(H,25,28)(H,26,29)/t21-/m0/s1. The molecule has 3 amide bonds. The molecule has 2 fully saturated rings. The third kappa shape index (κ3) is 7.61. The predicted molar refractivity (Wildman–Crippen MR) is 120 cm³/mol. The Bertz CT molecular complexity index is 685. The molecule has 3 N–H and O–H groups in total. The number of ether oxygens (including phenoxy) is 2. The van der Waals surface area contributed by atoms with E-state index in [1.165, 1.54) is 19.3 Å². The normalized spacial score (nSPS) is 18.2. The fraction of sp³-hybridized carbons (Fsp3) is 0.652. The molecule has 0 radical (unpaired) electrons. The second-order valence-corrected chi connectivity index (χ2v) is 8.29. The Kier molecular flexibility index (Phi) is 9.27. The van der Waals surface area contributed by atoms with E-state index in [2.05, 4.69) is 16.0 Å². The summed E-state index contributed by atoms with van der Waals surface area (Å²) < 4.78 is 10.5. The van der Waals surface area contributed by atoms with Crippen LogP contribution in [0.15, 0.2) is 24.3 Å². The highest BCUT2D eigenvalue weighted by Gasteiger charge is 2.28. The number of amides is 3. The van der Waals surface area contributed by atoms with Crippen LogP contribution in [-0.4, -0.2) is 69.4 Å². The van der Waals surface area contributed by atoms with Gasteiger partial charge in [-0.05, 0) is 36.6 Å². The summed E-state index contributed by atoms with van der Waals surface area (Å²) in [6, 6.07) is 6.99. The molecule has 31 heavy (non-hydrogen) atoms. The molecule has 1 saturated heterocycles. The van der Waals surface area contributed by atoms with Crippen LogP contribution in [0.5, 0.6) is 5.75 Å². The van der Waals surface area contributed by atoms with E-state index >= 15 is 0 Å². The van der Waals surface area contributed by atoms with Crippen molar-refractivity contribution in [3.05, 3.63) is 24.3 Å². The third-order valence-corrected chi connectivity index (χ3v) is 6.05. The van der Waals surface area contributed by atoms with E-state index < -0.39 is 6.04 Å². The first-order valence-electron chi connectivity index (χ1n) is 11.4. The Balaban J connectivity index is 1.48. The molecule has 3 rings (SSSR count). The molecule has 1 atom stereocenters. The molecule has 0 unspecified atom stereocenters. The van der Waals surface area contributed by atoms with Gasteiger partial charge in [-0.3, -0.25) is 4.79 Å². The second-order valence-electron chi connectivity index (χ2n) is 8.29. The van der Waals surface area contributed by atoms with Gasteiger partial charge in [-0.1, -0.05) is 32.1 Å². The smallest absolute Gasteiger partial charge is 0.318 e. The van der Waals surface area contributed by atoms with Crippen molar-refractivity contribution in [1.29, 1.82) is 0 Å². The number of anilines is 1. The maximum Gasteiger partial charge on any atom is 0.318 e. The number of hydrogen-bond acceptors (Lipinski definition) is 5. The lowest BCUT2D eigenvalue weighted by Crippen LogP contribution is -2.54. The number of methoxy groups -OCH3 is 1. The van der Waals surface area contributed by atoms with Gasteiger partial charge in [-0.25, -0.2) is 4.79 Å². The zero-order valence-electron chi connectivity index (χ0n) is 18.5. The molecule has 1 aliphatic heterocycles. The molecule has 1 heterocycles. The van der Waals surface area contributed by atoms with E-state index in [1.807, 2.05) is 24.3 Å². The highest BCUT2D eigenvalue weighted by atomic mass is 16.5. The number of morpholine rings is 1. The van der Waals surface area contributed by atoms with Crippen molar-refractivity contribution >= 4 is 17.6 Å². The average Bonchev–Trinajstić information content (AvgIpc) is 2.83. The summed E-state index contributed by atoms with van der Waals surface area (Å²) in [7, 11) is 1.64. The molecule has 8 nitrogen and oxygen atoms in total. The third-order valence-electron chi connectivity index (χ3n) is 6.05. The van der Waals surface area contributed by atoms with Gasteiger partial charge in [-0.15, -0.1) is 0 Å². The van der Waals surface area contributed by atoms with Crippen molar-refractivity contribution in [2.45, 2.75) is 44.6 Å². The Morgan fingerprint density at radius 2 is 1.81 bits per heavy atom. The number of urea groups is 1. The van der Waals surface area contributed by atoms with Crippen molar-refractivity contribution in [2.75, 3.05) is 51.8 Å². The number of benzene rings is 1. The first-order chi connectivity index (χ1) is 15.2. The minimum absolute atomic E-state index is 0.108. The largest absolute Gasteiger partial charge is 0.497 e. The van der Waals surface area contributed by atoms with Gasteiger partial charge in [0.25, 0.3) is 0 Å². The summed E-state index contributed by atoms with van der Waals surface area (Å²) in [6.07, 6.45) is 6.66. The maximum atomic E-state index is 12.9. The summed E-state index contributed by atoms with van der Waals surface area (Å²) in [5.74, 6) is 1.19. The fourth-order valence-electron chi connectivity index (χ4n) is 4.22. The van der Waals surface area contributed by atoms with Gasteiger partial charge in [0.15, 0.2) is 0 Å². The summed E-state index contributed by atoms with van der Waals surface area (Å²) in [5.41, 5.74) is 0.967. The molecule has 2 aliphatic rings. The summed E-state index contributed by atoms with van der Waals surface area (Å²) >= 11 is 0. The molecular weight excluding hydrogens is 396 g/mol. The lowest BCUT2D eigenvalue weighted by atomic mass is 9.84. The molecule has 0 bridgehead atoms. The van der Waals surface area contributed by atoms with Gasteiger partial charge in [-0.2, -0.15) is 0 Å². The van der Waals surface area contributed by atoms with Crippen LogP contribution in [0.3, 0.4) is 0 Å². The molecule has 8 heteroatoms. The van der Waals surface area contributed by atoms with Crippen LogP contribution in [0, 0.1) is 5.92 Å². The molecule has 1 aliphatic carbocycles.